The van der Waals surface area contributed by atoms with E-state index in [1.807, 2.05) is 0 Å². The van der Waals surface area contributed by atoms with Gasteiger partial charge in [-0.25, -0.2) is 0 Å². The maximum atomic E-state index is 12.2. The van der Waals surface area contributed by atoms with Crippen molar-refractivity contribution in [2.75, 3.05) is 5.32 Å². The molecular weight excluding hydrogens is 294 g/mol. The minimum Gasteiger partial charge on any atom is -0.300 e. The highest BCUT2D eigenvalue weighted by atomic mass is 32.1. The van der Waals surface area contributed by atoms with Gasteiger partial charge in [-0.2, -0.15) is 0 Å². The number of amides is 1. The normalized spacial score (nSPS) is 21.4. The number of hydrogen-bond donors (Lipinski definition) is 1. The van der Waals surface area contributed by atoms with Crippen LogP contribution in [0, 0.1) is 18.3 Å². The number of nitrogens with zero attached hydrogens (tertiary/aromatic N) is 2. The van der Waals surface area contributed by atoms with Crippen LogP contribution in [0.15, 0.2) is 24.3 Å². The molecule has 2 saturated carbocycles. The summed E-state index contributed by atoms with van der Waals surface area (Å²) in [6.45, 7) is 2.08. The average Bonchev–Trinajstić information content (AvgIpc) is 3.09. The van der Waals surface area contributed by atoms with E-state index in [1.165, 1.54) is 41.7 Å². The van der Waals surface area contributed by atoms with Gasteiger partial charge in [0.25, 0.3) is 0 Å². The number of aromatic nitrogens is 2. The Morgan fingerprint density at radius 3 is 2.95 bits per heavy atom. The van der Waals surface area contributed by atoms with Crippen LogP contribution in [-0.2, 0) is 11.2 Å². The Hall–Kier alpha value is -1.75. The molecule has 1 unspecified atom stereocenters. The van der Waals surface area contributed by atoms with E-state index in [-0.39, 0.29) is 11.8 Å². The molecule has 2 fully saturated rings. The molecule has 4 rings (SSSR count). The smallest absolute Gasteiger partial charge is 0.229 e. The summed E-state index contributed by atoms with van der Waals surface area (Å²) in [6, 6.07) is 8.39. The molecule has 1 heterocycles. The van der Waals surface area contributed by atoms with Crippen LogP contribution in [0.5, 0.6) is 0 Å². The monoisotopic (exact) mass is 313 g/mol. The van der Waals surface area contributed by atoms with Crippen molar-refractivity contribution in [3.05, 3.63) is 40.4 Å². The standard InChI is InChI=1S/C17H19N3OS/c1-11-4-2-5-12(8-11)9-14-19-20-16(22-14)18-15(21)13-10-17(13)6-3-7-17/h2,4-5,8,13H,3,6-7,9-10H2,1H3,(H,18,20,21). The minimum atomic E-state index is 0.137. The molecule has 2 aromatic rings. The number of carbonyl (C=O) groups excluding carboxylic acids is 1. The van der Waals surface area contributed by atoms with Crippen LogP contribution in [0.25, 0.3) is 0 Å². The summed E-state index contributed by atoms with van der Waals surface area (Å²) < 4.78 is 0. The number of aryl methyl sites for hydroxylation is 1. The lowest BCUT2D eigenvalue weighted by molar-refractivity contribution is -0.118. The molecule has 5 heteroatoms. The predicted octanol–water partition coefficient (Wildman–Crippen LogP) is 3.57. The number of anilines is 1. The molecule has 1 aromatic carbocycles. The first-order chi connectivity index (χ1) is 10.6. The second-order valence-electron chi connectivity index (χ2n) is 6.63. The fourth-order valence-corrected chi connectivity index (χ4v) is 4.24. The SMILES string of the molecule is Cc1cccc(Cc2nnc(NC(=O)C3CC34CCC4)s2)c1. The van der Waals surface area contributed by atoms with E-state index in [0.29, 0.717) is 10.5 Å². The van der Waals surface area contributed by atoms with Gasteiger partial charge in [0.05, 0.1) is 0 Å². The van der Waals surface area contributed by atoms with Crippen molar-refractivity contribution in [2.24, 2.45) is 11.3 Å². The summed E-state index contributed by atoms with van der Waals surface area (Å²) in [6.07, 6.45) is 5.55. The van der Waals surface area contributed by atoms with Crippen LogP contribution in [0.1, 0.15) is 41.8 Å². The maximum absolute atomic E-state index is 12.2. The second kappa shape index (κ2) is 5.16. The summed E-state index contributed by atoms with van der Waals surface area (Å²) in [5.74, 6) is 0.350. The summed E-state index contributed by atoms with van der Waals surface area (Å²) in [4.78, 5) is 12.2. The van der Waals surface area contributed by atoms with Crippen LogP contribution in [0.3, 0.4) is 0 Å². The van der Waals surface area contributed by atoms with Gasteiger partial charge in [0, 0.05) is 12.3 Å². The number of benzene rings is 1. The van der Waals surface area contributed by atoms with Gasteiger partial charge in [0.15, 0.2) is 0 Å². The van der Waals surface area contributed by atoms with E-state index in [2.05, 4.69) is 46.7 Å². The molecule has 1 N–H and O–H groups in total. The maximum Gasteiger partial charge on any atom is 0.229 e. The summed E-state index contributed by atoms with van der Waals surface area (Å²) >= 11 is 1.48. The molecule has 2 aliphatic rings. The first kappa shape index (κ1) is 13.9. The largest absolute Gasteiger partial charge is 0.300 e. The molecule has 1 spiro atoms. The number of hydrogen-bond acceptors (Lipinski definition) is 4. The van der Waals surface area contributed by atoms with Gasteiger partial charge < -0.3 is 5.32 Å². The zero-order chi connectivity index (χ0) is 15.2. The third-order valence-electron chi connectivity index (χ3n) is 4.99. The first-order valence-corrected chi connectivity index (χ1v) is 8.65. The third-order valence-corrected chi connectivity index (χ3v) is 5.83. The van der Waals surface area contributed by atoms with E-state index in [9.17, 15) is 4.79 Å². The van der Waals surface area contributed by atoms with E-state index >= 15 is 0 Å². The Balaban J connectivity index is 1.38. The highest BCUT2D eigenvalue weighted by molar-refractivity contribution is 7.15. The van der Waals surface area contributed by atoms with E-state index < -0.39 is 0 Å². The third kappa shape index (κ3) is 2.54. The minimum absolute atomic E-state index is 0.137. The van der Waals surface area contributed by atoms with E-state index in [0.717, 1.165) is 17.8 Å². The van der Waals surface area contributed by atoms with Crippen molar-refractivity contribution < 1.29 is 4.79 Å². The molecule has 22 heavy (non-hydrogen) atoms. The Morgan fingerprint density at radius 1 is 1.41 bits per heavy atom. The lowest BCUT2D eigenvalue weighted by atomic mass is 9.80. The number of nitrogens with one attached hydrogen (secondary N) is 1. The van der Waals surface area contributed by atoms with Crippen molar-refractivity contribution in [1.29, 1.82) is 0 Å². The predicted molar refractivity (Wildman–Crippen MR) is 86.9 cm³/mol. The van der Waals surface area contributed by atoms with Gasteiger partial charge in [-0.3, -0.25) is 4.79 Å². The topological polar surface area (TPSA) is 54.9 Å². The Kier molecular flexibility index (Phi) is 3.26. The van der Waals surface area contributed by atoms with Crippen LogP contribution >= 0.6 is 11.3 Å². The Morgan fingerprint density at radius 2 is 2.27 bits per heavy atom. The zero-order valence-corrected chi connectivity index (χ0v) is 13.4. The molecule has 0 radical (unpaired) electrons. The molecule has 1 aromatic heterocycles. The van der Waals surface area contributed by atoms with Crippen molar-refractivity contribution in [3.8, 4) is 0 Å². The van der Waals surface area contributed by atoms with Crippen LogP contribution in [0.2, 0.25) is 0 Å². The van der Waals surface area contributed by atoms with Crippen molar-refractivity contribution in [1.82, 2.24) is 10.2 Å². The lowest BCUT2D eigenvalue weighted by Crippen LogP contribution is -2.23. The molecule has 2 aliphatic carbocycles. The summed E-state index contributed by atoms with van der Waals surface area (Å²) in [5, 5.41) is 12.8. The molecular formula is C17H19N3OS. The van der Waals surface area contributed by atoms with E-state index in [4.69, 9.17) is 0 Å². The second-order valence-corrected chi connectivity index (χ2v) is 7.69. The van der Waals surface area contributed by atoms with Gasteiger partial charge in [0.2, 0.25) is 11.0 Å². The molecule has 114 valence electrons. The Labute approximate surface area is 134 Å². The molecule has 0 saturated heterocycles. The highest BCUT2D eigenvalue weighted by Crippen LogP contribution is 2.65. The Bertz CT molecular complexity index is 720. The lowest BCUT2D eigenvalue weighted by Gasteiger charge is -2.26. The van der Waals surface area contributed by atoms with Gasteiger partial charge in [-0.05, 0) is 37.2 Å². The molecule has 0 bridgehead atoms. The number of carbonyl (C=O) groups is 1. The molecule has 1 amide bonds. The van der Waals surface area contributed by atoms with Crippen molar-refractivity contribution in [2.45, 2.75) is 39.0 Å². The number of rotatable bonds is 4. The van der Waals surface area contributed by atoms with E-state index in [1.54, 1.807) is 0 Å². The average molecular weight is 313 g/mol. The summed E-state index contributed by atoms with van der Waals surface area (Å²) in [5.41, 5.74) is 2.83. The molecule has 1 atom stereocenters. The molecule has 0 aliphatic heterocycles. The first-order valence-electron chi connectivity index (χ1n) is 7.83. The van der Waals surface area contributed by atoms with Crippen LogP contribution in [-0.4, -0.2) is 16.1 Å². The van der Waals surface area contributed by atoms with Gasteiger partial charge >= 0.3 is 0 Å². The van der Waals surface area contributed by atoms with Crippen molar-refractivity contribution >= 4 is 22.4 Å². The quantitative estimate of drug-likeness (QED) is 0.939. The molecule has 4 nitrogen and oxygen atoms in total. The highest BCUT2D eigenvalue weighted by Gasteiger charge is 2.60. The van der Waals surface area contributed by atoms with Crippen molar-refractivity contribution in [3.63, 3.8) is 0 Å². The van der Waals surface area contributed by atoms with Gasteiger partial charge in [0.1, 0.15) is 5.01 Å². The zero-order valence-electron chi connectivity index (χ0n) is 12.6. The van der Waals surface area contributed by atoms with Gasteiger partial charge in [-0.1, -0.05) is 47.6 Å². The van der Waals surface area contributed by atoms with Crippen LogP contribution < -0.4 is 5.32 Å². The fraction of sp³-hybridized carbons (Fsp3) is 0.471. The fourth-order valence-electron chi connectivity index (χ4n) is 3.47. The summed E-state index contributed by atoms with van der Waals surface area (Å²) in [7, 11) is 0. The van der Waals surface area contributed by atoms with Gasteiger partial charge in [-0.15, -0.1) is 10.2 Å². The van der Waals surface area contributed by atoms with Crippen LogP contribution in [0.4, 0.5) is 5.13 Å².